The molecule has 1 aromatic carbocycles. The number of halogens is 1. The fourth-order valence-corrected chi connectivity index (χ4v) is 8.79. The van der Waals surface area contributed by atoms with Gasteiger partial charge in [-0.05, 0) is 86.8 Å². The lowest BCUT2D eigenvalue weighted by Gasteiger charge is -2.49. The molecule has 0 unspecified atom stereocenters. The fraction of sp³-hybridized carbons (Fsp3) is 0.636. The SMILES string of the molecule is NC1CCC(N(Cc2nccs2)[C@H](Cc2ccc(Cl)cc2)C(=O)N2CCC(Cn3cncn3)(C3CCCCC3)CC2)CC1. The maximum absolute atomic E-state index is 14.7. The van der Waals surface area contributed by atoms with Crippen LogP contribution >= 0.6 is 22.9 Å². The minimum atomic E-state index is -0.262. The molecule has 2 saturated carbocycles. The van der Waals surface area contributed by atoms with Crippen LogP contribution in [-0.4, -0.2) is 66.7 Å². The van der Waals surface area contributed by atoms with Crippen molar-refractivity contribution in [2.75, 3.05) is 13.1 Å². The zero-order valence-electron chi connectivity index (χ0n) is 25.2. The van der Waals surface area contributed by atoms with Crippen LogP contribution in [0.4, 0.5) is 0 Å². The lowest BCUT2D eigenvalue weighted by Crippen LogP contribution is -2.57. The summed E-state index contributed by atoms with van der Waals surface area (Å²) in [4.78, 5) is 28.3. The number of hydrogen-bond donors (Lipinski definition) is 1. The second-order valence-corrected chi connectivity index (χ2v) is 14.5. The third kappa shape index (κ3) is 7.49. The quantitative estimate of drug-likeness (QED) is 0.300. The Morgan fingerprint density at radius 1 is 1.07 bits per heavy atom. The summed E-state index contributed by atoms with van der Waals surface area (Å²) in [6.45, 7) is 3.17. The van der Waals surface area contributed by atoms with E-state index in [4.69, 9.17) is 17.3 Å². The number of amides is 1. The topological polar surface area (TPSA) is 93.2 Å². The highest BCUT2D eigenvalue weighted by atomic mass is 35.5. The number of carbonyl (C=O) groups excluding carboxylic acids is 1. The van der Waals surface area contributed by atoms with Gasteiger partial charge >= 0.3 is 0 Å². The summed E-state index contributed by atoms with van der Waals surface area (Å²) < 4.78 is 2.03. The van der Waals surface area contributed by atoms with Gasteiger partial charge in [-0.25, -0.2) is 9.97 Å². The smallest absolute Gasteiger partial charge is 0.240 e. The van der Waals surface area contributed by atoms with Crippen molar-refractivity contribution in [1.82, 2.24) is 29.5 Å². The zero-order valence-corrected chi connectivity index (χ0v) is 26.8. The van der Waals surface area contributed by atoms with E-state index in [1.165, 1.54) is 32.1 Å². The average molecular weight is 624 g/mol. The van der Waals surface area contributed by atoms with Crippen LogP contribution in [-0.2, 0) is 24.3 Å². The molecule has 3 fully saturated rings. The van der Waals surface area contributed by atoms with Crippen LogP contribution in [0.5, 0.6) is 0 Å². The van der Waals surface area contributed by atoms with Crippen molar-refractivity contribution in [2.24, 2.45) is 17.1 Å². The van der Waals surface area contributed by atoms with Crippen LogP contribution in [0, 0.1) is 11.3 Å². The Labute approximate surface area is 265 Å². The van der Waals surface area contributed by atoms with Crippen LogP contribution in [0.3, 0.4) is 0 Å². The number of hydrogen-bond acceptors (Lipinski definition) is 7. The predicted octanol–water partition coefficient (Wildman–Crippen LogP) is 5.96. The minimum absolute atomic E-state index is 0.163. The predicted molar refractivity (Wildman–Crippen MR) is 172 cm³/mol. The van der Waals surface area contributed by atoms with Gasteiger partial charge in [0.2, 0.25) is 5.91 Å². The zero-order chi connectivity index (χ0) is 29.6. The Morgan fingerprint density at radius 3 is 2.47 bits per heavy atom. The highest BCUT2D eigenvalue weighted by Gasteiger charge is 2.45. The maximum atomic E-state index is 14.7. The summed E-state index contributed by atoms with van der Waals surface area (Å²) in [6, 6.07) is 8.32. The van der Waals surface area contributed by atoms with E-state index in [2.05, 4.69) is 37.0 Å². The van der Waals surface area contributed by atoms with E-state index in [9.17, 15) is 4.79 Å². The number of carbonyl (C=O) groups is 1. The molecule has 3 heterocycles. The Morgan fingerprint density at radius 2 is 1.81 bits per heavy atom. The maximum Gasteiger partial charge on any atom is 0.240 e. The molecule has 1 aliphatic heterocycles. The van der Waals surface area contributed by atoms with Crippen LogP contribution in [0.15, 0.2) is 48.5 Å². The van der Waals surface area contributed by atoms with E-state index in [0.717, 1.165) is 73.8 Å². The van der Waals surface area contributed by atoms with E-state index in [0.29, 0.717) is 24.9 Å². The molecule has 1 saturated heterocycles. The molecule has 3 aliphatic rings. The molecule has 10 heteroatoms. The van der Waals surface area contributed by atoms with Crippen molar-refractivity contribution in [3.05, 3.63) is 64.1 Å². The van der Waals surface area contributed by atoms with Crippen LogP contribution in [0.2, 0.25) is 5.02 Å². The monoisotopic (exact) mass is 623 g/mol. The van der Waals surface area contributed by atoms with Gasteiger partial charge in [-0.3, -0.25) is 14.4 Å². The summed E-state index contributed by atoms with van der Waals surface area (Å²) in [5.41, 5.74) is 7.63. The number of benzene rings is 1. The van der Waals surface area contributed by atoms with E-state index < -0.39 is 0 Å². The van der Waals surface area contributed by atoms with Crippen molar-refractivity contribution >= 4 is 28.8 Å². The highest BCUT2D eigenvalue weighted by Crippen LogP contribution is 2.47. The molecule has 2 aromatic heterocycles. The largest absolute Gasteiger partial charge is 0.341 e. The van der Waals surface area contributed by atoms with Crippen molar-refractivity contribution in [1.29, 1.82) is 0 Å². The number of thiazole rings is 1. The van der Waals surface area contributed by atoms with E-state index in [1.807, 2.05) is 34.7 Å². The molecule has 0 spiro atoms. The van der Waals surface area contributed by atoms with Gasteiger partial charge in [-0.1, -0.05) is 43.0 Å². The van der Waals surface area contributed by atoms with Gasteiger partial charge in [0, 0.05) is 48.3 Å². The molecule has 1 atom stereocenters. The first-order chi connectivity index (χ1) is 21.0. The number of rotatable bonds is 10. The van der Waals surface area contributed by atoms with E-state index in [1.54, 1.807) is 17.7 Å². The van der Waals surface area contributed by atoms with Crippen molar-refractivity contribution < 1.29 is 4.79 Å². The number of nitrogens with two attached hydrogens (primary N) is 1. The van der Waals surface area contributed by atoms with Gasteiger partial charge in [-0.2, -0.15) is 5.10 Å². The molecule has 2 N–H and O–H groups in total. The van der Waals surface area contributed by atoms with Crippen molar-refractivity contribution in [3.63, 3.8) is 0 Å². The van der Waals surface area contributed by atoms with Gasteiger partial charge in [0.15, 0.2) is 0 Å². The van der Waals surface area contributed by atoms with E-state index in [-0.39, 0.29) is 23.4 Å². The molecular formula is C33H46ClN7OS. The lowest BCUT2D eigenvalue weighted by atomic mass is 9.63. The van der Waals surface area contributed by atoms with Crippen molar-refractivity contribution in [2.45, 2.75) is 108 Å². The molecule has 232 valence electrons. The molecular weight excluding hydrogens is 578 g/mol. The average Bonchev–Trinajstić information content (AvgIpc) is 3.76. The normalized spacial score (nSPS) is 23.8. The molecule has 8 nitrogen and oxygen atoms in total. The van der Waals surface area contributed by atoms with Crippen molar-refractivity contribution in [3.8, 4) is 0 Å². The summed E-state index contributed by atoms with van der Waals surface area (Å²) in [5.74, 6) is 0.930. The van der Waals surface area contributed by atoms with Gasteiger partial charge in [0.25, 0.3) is 0 Å². The molecule has 3 aromatic rings. The third-order valence-corrected chi connectivity index (χ3v) is 11.5. The lowest BCUT2D eigenvalue weighted by molar-refractivity contribution is -0.142. The first-order valence-corrected chi connectivity index (χ1v) is 17.5. The number of aromatic nitrogens is 4. The van der Waals surface area contributed by atoms with Gasteiger partial charge < -0.3 is 10.6 Å². The molecule has 43 heavy (non-hydrogen) atoms. The molecule has 6 rings (SSSR count). The van der Waals surface area contributed by atoms with Gasteiger partial charge in [0.1, 0.15) is 17.7 Å². The summed E-state index contributed by atoms with van der Waals surface area (Å²) >= 11 is 7.93. The fourth-order valence-electron chi connectivity index (χ4n) is 8.04. The Kier molecular flexibility index (Phi) is 10.1. The van der Waals surface area contributed by atoms with E-state index >= 15 is 0 Å². The number of nitrogens with zero attached hydrogens (tertiary/aromatic N) is 6. The van der Waals surface area contributed by atoms with Crippen LogP contribution in [0.1, 0.15) is 81.2 Å². The first kappa shape index (κ1) is 30.7. The second kappa shape index (κ2) is 14.2. The standard InChI is InChI=1S/C33H46ClN7OS/c34-27-8-6-25(7-9-27)20-30(41(21-31-37-16-19-43-31)29-12-10-28(35)11-13-29)32(42)39-17-14-33(15-18-39,22-40-24-36-23-38-40)26-4-2-1-3-5-26/h6-9,16,19,23-24,26,28-30H,1-5,10-15,17-18,20-22,35H2/t28?,29?,30-/m1/s1. The Balaban J connectivity index is 1.25. The Hall–Kier alpha value is -2.33. The summed E-state index contributed by atoms with van der Waals surface area (Å²) in [5, 5.41) is 8.31. The van der Waals surface area contributed by atoms with Gasteiger partial charge in [-0.15, -0.1) is 11.3 Å². The molecule has 2 aliphatic carbocycles. The molecule has 0 bridgehead atoms. The molecule has 1 amide bonds. The van der Waals surface area contributed by atoms with Crippen LogP contribution < -0.4 is 5.73 Å². The third-order valence-electron chi connectivity index (χ3n) is 10.5. The Bertz CT molecular complexity index is 1260. The number of piperidine rings is 1. The van der Waals surface area contributed by atoms with Crippen LogP contribution in [0.25, 0.3) is 0 Å². The van der Waals surface area contributed by atoms with Gasteiger partial charge in [0.05, 0.1) is 12.6 Å². The number of likely N-dealkylation sites (tertiary alicyclic amines) is 1. The first-order valence-electron chi connectivity index (χ1n) is 16.2. The second-order valence-electron chi connectivity index (χ2n) is 13.1. The summed E-state index contributed by atoms with van der Waals surface area (Å²) in [7, 11) is 0. The molecule has 0 radical (unpaired) electrons. The minimum Gasteiger partial charge on any atom is -0.341 e. The highest BCUT2D eigenvalue weighted by molar-refractivity contribution is 7.09. The summed E-state index contributed by atoms with van der Waals surface area (Å²) in [6.07, 6.45) is 18.6.